The second kappa shape index (κ2) is 10.1. The predicted molar refractivity (Wildman–Crippen MR) is 210 cm³/mol. The van der Waals surface area contributed by atoms with Crippen LogP contribution in [0.1, 0.15) is 44.5 Å². The SMILES string of the molecule is c1cc2c3c(c1)CCc1cc(-c4cc5c6ccccc6c(-c6cc7c8c(c6)CCc6cccc(c6-8)CC7)cc5c5ccccc45)cc(c1-3)CC2. The average Bonchev–Trinajstić information content (AvgIpc) is 3.18. The van der Waals surface area contributed by atoms with Crippen molar-refractivity contribution in [3.63, 3.8) is 0 Å². The van der Waals surface area contributed by atoms with Crippen molar-refractivity contribution >= 4 is 32.3 Å². The lowest BCUT2D eigenvalue weighted by Gasteiger charge is -2.30. The van der Waals surface area contributed by atoms with Gasteiger partial charge >= 0.3 is 0 Å². The Morgan fingerprint density at radius 2 is 0.540 bits per heavy atom. The van der Waals surface area contributed by atoms with Crippen LogP contribution in [0.25, 0.3) is 76.8 Å². The van der Waals surface area contributed by atoms with Gasteiger partial charge < -0.3 is 0 Å². The van der Waals surface area contributed by atoms with Gasteiger partial charge in [0.1, 0.15) is 0 Å². The number of fused-ring (bicyclic) bond motifs is 5. The molecule has 0 atom stereocenters. The molecule has 0 heteroatoms. The van der Waals surface area contributed by atoms with E-state index in [9.17, 15) is 0 Å². The van der Waals surface area contributed by atoms with Crippen LogP contribution in [0, 0.1) is 0 Å². The van der Waals surface area contributed by atoms with Crippen molar-refractivity contribution in [2.45, 2.75) is 51.4 Å². The first-order valence-electron chi connectivity index (χ1n) is 18.7. The van der Waals surface area contributed by atoms with Crippen molar-refractivity contribution in [3.05, 3.63) is 166 Å². The number of hydrogen-bond acceptors (Lipinski definition) is 0. The lowest BCUT2D eigenvalue weighted by molar-refractivity contribution is 0.877. The highest BCUT2D eigenvalue weighted by Crippen LogP contribution is 2.48. The molecule has 12 rings (SSSR count). The summed E-state index contributed by atoms with van der Waals surface area (Å²) in [5.74, 6) is 0. The molecule has 0 saturated heterocycles. The molecule has 0 fully saturated rings. The Kier molecular flexibility index (Phi) is 5.50. The highest BCUT2D eigenvalue weighted by atomic mass is 14.3. The molecule has 0 unspecified atom stereocenters. The fourth-order valence-electron chi connectivity index (χ4n) is 10.6. The van der Waals surface area contributed by atoms with Crippen LogP contribution < -0.4 is 0 Å². The first-order chi connectivity index (χ1) is 24.8. The third-order valence-corrected chi connectivity index (χ3v) is 12.7. The van der Waals surface area contributed by atoms with E-state index in [0.717, 1.165) is 51.4 Å². The lowest BCUT2D eigenvalue weighted by atomic mass is 9.74. The van der Waals surface area contributed by atoms with Crippen LogP contribution in [-0.4, -0.2) is 0 Å². The van der Waals surface area contributed by atoms with E-state index in [1.165, 1.54) is 76.8 Å². The maximum atomic E-state index is 2.54. The van der Waals surface area contributed by atoms with Gasteiger partial charge in [0.15, 0.2) is 0 Å². The summed E-state index contributed by atoms with van der Waals surface area (Å²) in [4.78, 5) is 0. The summed E-state index contributed by atoms with van der Waals surface area (Å²) in [6.07, 6.45) is 9.07. The van der Waals surface area contributed by atoms with Crippen molar-refractivity contribution in [1.82, 2.24) is 0 Å². The standard InChI is InChI=1S/C50H36/c1-3-13-41-39(11-1)43(37-23-33-19-15-29-7-5-8-30-16-20-34(24-37)49(33)47(29)30)27-46-42-14-4-2-12-40(42)44(28-45(41)46)38-25-35-21-17-31-9-6-10-32-18-22-36(26-38)50(35)48(31)32/h1-14,23-28H,15-22H2. The van der Waals surface area contributed by atoms with Gasteiger partial charge in [-0.3, -0.25) is 0 Å². The summed E-state index contributed by atoms with van der Waals surface area (Å²) >= 11 is 0. The molecule has 0 heterocycles. The zero-order chi connectivity index (χ0) is 32.5. The van der Waals surface area contributed by atoms with Gasteiger partial charge in [0.05, 0.1) is 0 Å². The zero-order valence-corrected chi connectivity index (χ0v) is 28.2. The molecule has 4 aliphatic carbocycles. The minimum Gasteiger partial charge on any atom is -0.0617 e. The maximum absolute atomic E-state index is 2.54. The minimum absolute atomic E-state index is 1.13. The molecule has 0 bridgehead atoms. The van der Waals surface area contributed by atoms with Gasteiger partial charge in [0.2, 0.25) is 0 Å². The van der Waals surface area contributed by atoms with Crippen LogP contribution in [0.15, 0.2) is 121 Å². The fourth-order valence-corrected chi connectivity index (χ4v) is 10.6. The van der Waals surface area contributed by atoms with Crippen LogP contribution in [0.5, 0.6) is 0 Å². The van der Waals surface area contributed by atoms with Crippen molar-refractivity contribution in [2.75, 3.05) is 0 Å². The van der Waals surface area contributed by atoms with Crippen LogP contribution in [0.2, 0.25) is 0 Å². The molecular weight excluding hydrogens is 601 g/mol. The summed E-state index contributed by atoms with van der Waals surface area (Å²) in [6.45, 7) is 0. The number of aryl methyl sites for hydroxylation is 8. The Bertz CT molecular complexity index is 2520. The molecule has 0 nitrogen and oxygen atoms in total. The molecule has 50 heavy (non-hydrogen) atoms. The van der Waals surface area contributed by atoms with Crippen molar-refractivity contribution in [2.24, 2.45) is 0 Å². The smallest absolute Gasteiger partial charge is 0.00923 e. The van der Waals surface area contributed by atoms with E-state index in [1.54, 1.807) is 44.5 Å². The predicted octanol–water partition coefficient (Wildman–Crippen LogP) is 12.2. The number of rotatable bonds is 2. The summed E-state index contributed by atoms with van der Waals surface area (Å²) < 4.78 is 0. The first kappa shape index (κ1) is 27.4. The maximum Gasteiger partial charge on any atom is -0.00923 e. The molecule has 4 aliphatic rings. The Labute approximate surface area is 293 Å². The summed E-state index contributed by atoms with van der Waals surface area (Å²) in [7, 11) is 0. The largest absolute Gasteiger partial charge is 0.0617 e. The molecule has 0 aliphatic heterocycles. The van der Waals surface area contributed by atoms with E-state index >= 15 is 0 Å². The number of benzene rings is 8. The van der Waals surface area contributed by atoms with Gasteiger partial charge in [0.25, 0.3) is 0 Å². The first-order valence-corrected chi connectivity index (χ1v) is 18.7. The molecule has 0 aromatic heterocycles. The Morgan fingerprint density at radius 1 is 0.240 bits per heavy atom. The van der Waals surface area contributed by atoms with E-state index in [4.69, 9.17) is 0 Å². The second-order valence-electron chi connectivity index (χ2n) is 15.3. The molecule has 0 N–H and O–H groups in total. The Balaban J connectivity index is 1.10. The topological polar surface area (TPSA) is 0 Å². The second-order valence-corrected chi connectivity index (χ2v) is 15.3. The van der Waals surface area contributed by atoms with Gasteiger partial charge in [-0.2, -0.15) is 0 Å². The van der Waals surface area contributed by atoms with E-state index in [-0.39, 0.29) is 0 Å². The summed E-state index contributed by atoms with van der Waals surface area (Å²) in [5.41, 5.74) is 24.0. The van der Waals surface area contributed by atoms with E-state index < -0.39 is 0 Å². The van der Waals surface area contributed by atoms with Crippen LogP contribution in [0.3, 0.4) is 0 Å². The van der Waals surface area contributed by atoms with Gasteiger partial charge in [-0.1, -0.05) is 109 Å². The van der Waals surface area contributed by atoms with Gasteiger partial charge in [-0.25, -0.2) is 0 Å². The summed E-state index contributed by atoms with van der Waals surface area (Å²) in [5, 5.41) is 8.12. The van der Waals surface area contributed by atoms with Crippen molar-refractivity contribution < 1.29 is 0 Å². The molecule has 0 saturated carbocycles. The van der Waals surface area contributed by atoms with Gasteiger partial charge in [0, 0.05) is 0 Å². The molecule has 8 aromatic carbocycles. The van der Waals surface area contributed by atoms with Crippen LogP contribution >= 0.6 is 0 Å². The van der Waals surface area contributed by atoms with E-state index in [0.29, 0.717) is 0 Å². The molecule has 8 aromatic rings. The van der Waals surface area contributed by atoms with E-state index in [2.05, 4.69) is 121 Å². The quantitative estimate of drug-likeness (QED) is 0.166. The lowest BCUT2D eigenvalue weighted by Crippen LogP contribution is -2.14. The third kappa shape index (κ3) is 3.72. The monoisotopic (exact) mass is 636 g/mol. The van der Waals surface area contributed by atoms with Crippen molar-refractivity contribution in [1.29, 1.82) is 0 Å². The molecule has 0 radical (unpaired) electrons. The van der Waals surface area contributed by atoms with Crippen LogP contribution in [0.4, 0.5) is 0 Å². The van der Waals surface area contributed by atoms with E-state index in [1.807, 2.05) is 0 Å². The minimum atomic E-state index is 1.13. The van der Waals surface area contributed by atoms with Gasteiger partial charge in [-0.15, -0.1) is 0 Å². The average molecular weight is 637 g/mol. The molecule has 0 spiro atoms. The fraction of sp³-hybridized carbons (Fsp3) is 0.160. The zero-order valence-electron chi connectivity index (χ0n) is 28.2. The summed E-state index contributed by atoms with van der Waals surface area (Å²) in [6, 6.07) is 47.5. The van der Waals surface area contributed by atoms with Gasteiger partial charge in [-0.05, 0) is 185 Å². The third-order valence-electron chi connectivity index (χ3n) is 12.7. The molecule has 236 valence electrons. The highest BCUT2D eigenvalue weighted by Gasteiger charge is 2.28. The highest BCUT2D eigenvalue weighted by molar-refractivity contribution is 6.24. The Hall–Kier alpha value is -5.46. The molecular formula is C50H36. The number of hydrogen-bond donors (Lipinski definition) is 0. The van der Waals surface area contributed by atoms with Crippen molar-refractivity contribution in [3.8, 4) is 44.5 Å². The Morgan fingerprint density at radius 3 is 0.900 bits per heavy atom. The normalized spacial score (nSPS) is 15.0. The van der Waals surface area contributed by atoms with Crippen LogP contribution in [-0.2, 0) is 51.4 Å². The molecule has 0 amide bonds.